The highest BCUT2D eigenvalue weighted by molar-refractivity contribution is 6.43. The van der Waals surface area contributed by atoms with E-state index in [9.17, 15) is 14.4 Å². The first-order valence-electron chi connectivity index (χ1n) is 10.7. The summed E-state index contributed by atoms with van der Waals surface area (Å²) in [6.45, 7) is 9.77. The lowest BCUT2D eigenvalue weighted by Crippen LogP contribution is -2.26. The highest BCUT2D eigenvalue weighted by atomic mass is 16.5. The van der Waals surface area contributed by atoms with Crippen LogP contribution in [0.1, 0.15) is 64.9 Å². The van der Waals surface area contributed by atoms with Gasteiger partial charge in [-0.25, -0.2) is 0 Å². The monoisotopic (exact) mass is 446 g/mol. The molecular formula is C24H34N2O6. The van der Waals surface area contributed by atoms with Crippen LogP contribution in [-0.4, -0.2) is 48.3 Å². The Morgan fingerprint density at radius 2 is 1.84 bits per heavy atom. The van der Waals surface area contributed by atoms with Crippen molar-refractivity contribution in [2.24, 2.45) is 10.4 Å². The number of para-hydroxylation sites is 1. The van der Waals surface area contributed by atoms with Gasteiger partial charge in [0.25, 0.3) is 0 Å². The van der Waals surface area contributed by atoms with Crippen LogP contribution in [0.2, 0.25) is 0 Å². The fourth-order valence-corrected chi connectivity index (χ4v) is 3.13. The molecule has 1 aliphatic heterocycles. The molecule has 1 atom stereocenters. The van der Waals surface area contributed by atoms with Crippen LogP contribution in [0, 0.1) is 5.41 Å². The number of rotatable bonds is 11. The van der Waals surface area contributed by atoms with Gasteiger partial charge < -0.3 is 14.6 Å². The van der Waals surface area contributed by atoms with Crippen molar-refractivity contribution < 1.29 is 29.0 Å². The van der Waals surface area contributed by atoms with Gasteiger partial charge in [-0.05, 0) is 31.9 Å². The average molecular weight is 447 g/mol. The molecule has 32 heavy (non-hydrogen) atoms. The van der Waals surface area contributed by atoms with Crippen molar-refractivity contribution in [2.45, 2.75) is 59.3 Å². The Labute approximate surface area is 189 Å². The van der Waals surface area contributed by atoms with Crippen LogP contribution < -0.4 is 9.47 Å². The summed E-state index contributed by atoms with van der Waals surface area (Å²) in [4.78, 5) is 38.1. The van der Waals surface area contributed by atoms with E-state index in [0.29, 0.717) is 22.8 Å². The third-order valence-corrected chi connectivity index (χ3v) is 5.58. The van der Waals surface area contributed by atoms with E-state index in [2.05, 4.69) is 18.5 Å². The summed E-state index contributed by atoms with van der Waals surface area (Å²) < 4.78 is 10.4. The Kier molecular flexibility index (Phi) is 10.6. The maximum atomic E-state index is 11.6. The number of aliphatic imine (C=N–C) groups is 1. The number of carbonyl (C=O) groups is 3. The van der Waals surface area contributed by atoms with Gasteiger partial charge in [-0.15, -0.1) is 0 Å². The molecule has 1 N–H and O–H groups in total. The number of methoxy groups -OCH3 is 2. The van der Waals surface area contributed by atoms with Crippen molar-refractivity contribution in [1.82, 2.24) is 4.90 Å². The minimum atomic E-state index is -0.817. The van der Waals surface area contributed by atoms with Gasteiger partial charge in [0.05, 0.1) is 25.3 Å². The predicted molar refractivity (Wildman–Crippen MR) is 124 cm³/mol. The van der Waals surface area contributed by atoms with Gasteiger partial charge in [0.1, 0.15) is 6.34 Å². The van der Waals surface area contributed by atoms with Crippen molar-refractivity contribution in [3.05, 3.63) is 30.3 Å². The van der Waals surface area contributed by atoms with Gasteiger partial charge in [-0.3, -0.25) is 19.3 Å². The molecule has 1 unspecified atom stereocenters. The number of unbranched alkanes of at least 4 members (excludes halogenated alkanes) is 3. The summed E-state index contributed by atoms with van der Waals surface area (Å²) in [6, 6.07) is 5.18. The Morgan fingerprint density at radius 1 is 1.16 bits per heavy atom. The summed E-state index contributed by atoms with van der Waals surface area (Å²) in [5.74, 6) is -1.25. The fourth-order valence-electron chi connectivity index (χ4n) is 3.13. The van der Waals surface area contributed by atoms with Gasteiger partial charge in [-0.1, -0.05) is 52.2 Å². The Balaban J connectivity index is 0.000000347. The number of benzene rings is 1. The summed E-state index contributed by atoms with van der Waals surface area (Å²) in [6.07, 6.45) is 7.33. The number of ether oxygens (including phenoxy) is 2. The lowest BCUT2D eigenvalue weighted by atomic mass is 9.82. The SMILES string of the molecule is C=C(c1cccc(OC)c1OC)N1C=NC(=O)C1=O.CCCCCCC(C)(CC)C(=O)O. The summed E-state index contributed by atoms with van der Waals surface area (Å²) in [5.41, 5.74) is 0.361. The Hall–Kier alpha value is -3.16. The number of aliphatic carboxylic acids is 1. The normalized spacial score (nSPS) is 14.5. The van der Waals surface area contributed by atoms with Crippen molar-refractivity contribution in [3.8, 4) is 11.5 Å². The smallest absolute Gasteiger partial charge is 0.337 e. The van der Waals surface area contributed by atoms with Crippen LogP contribution in [0.5, 0.6) is 11.5 Å². The topological polar surface area (TPSA) is 106 Å². The zero-order valence-electron chi connectivity index (χ0n) is 19.6. The molecule has 0 aromatic heterocycles. The van der Waals surface area contributed by atoms with Crippen molar-refractivity contribution in [1.29, 1.82) is 0 Å². The van der Waals surface area contributed by atoms with Crippen molar-refractivity contribution in [2.75, 3.05) is 14.2 Å². The summed E-state index contributed by atoms with van der Waals surface area (Å²) >= 11 is 0. The highest BCUT2D eigenvalue weighted by Gasteiger charge is 2.30. The molecule has 8 nitrogen and oxygen atoms in total. The van der Waals surface area contributed by atoms with Gasteiger partial charge >= 0.3 is 17.8 Å². The molecule has 1 aromatic carbocycles. The zero-order chi connectivity index (χ0) is 24.3. The standard InChI is InChI=1S/C13H12N2O4.C11H22O2/c1-8(15-7-14-12(16)13(15)17)9-5-4-6-10(18-2)11(9)19-3;1-4-6-7-8-9-11(3,5-2)10(12)13/h4-7H,1H2,2-3H3;4-9H2,1-3H3,(H,12,13). The first-order valence-corrected chi connectivity index (χ1v) is 10.7. The lowest BCUT2D eigenvalue weighted by Gasteiger charge is -2.22. The van der Waals surface area contributed by atoms with E-state index >= 15 is 0 Å². The minimum absolute atomic E-state index is 0.301. The molecule has 1 heterocycles. The number of amides is 2. The molecule has 0 spiro atoms. The number of carboxylic acids is 1. The minimum Gasteiger partial charge on any atom is -0.493 e. The van der Waals surface area contributed by atoms with Gasteiger partial charge in [0.2, 0.25) is 0 Å². The molecule has 0 radical (unpaired) electrons. The third-order valence-electron chi connectivity index (χ3n) is 5.58. The van der Waals surface area contributed by atoms with Crippen LogP contribution in [0.4, 0.5) is 0 Å². The van der Waals surface area contributed by atoms with E-state index in [4.69, 9.17) is 14.6 Å². The third kappa shape index (κ3) is 6.67. The number of hydrogen-bond acceptors (Lipinski definition) is 5. The van der Waals surface area contributed by atoms with Crippen molar-refractivity contribution >= 4 is 29.8 Å². The van der Waals surface area contributed by atoms with Crippen LogP contribution in [0.15, 0.2) is 29.8 Å². The number of hydrogen-bond donors (Lipinski definition) is 1. The number of carbonyl (C=O) groups excluding carboxylic acids is 2. The molecule has 0 saturated carbocycles. The molecule has 176 valence electrons. The second kappa shape index (κ2) is 12.6. The molecule has 0 aliphatic carbocycles. The average Bonchev–Trinajstić information content (AvgIpc) is 3.13. The molecule has 0 fully saturated rings. The Bertz CT molecular complexity index is 864. The molecule has 0 bridgehead atoms. The maximum absolute atomic E-state index is 11.6. The second-order valence-electron chi connectivity index (χ2n) is 7.74. The number of nitrogens with zero attached hydrogens (tertiary/aromatic N) is 2. The van der Waals surface area contributed by atoms with E-state index in [-0.39, 0.29) is 0 Å². The van der Waals surface area contributed by atoms with Gasteiger partial charge in [-0.2, -0.15) is 4.99 Å². The maximum Gasteiger partial charge on any atom is 0.337 e. The quantitative estimate of drug-likeness (QED) is 0.395. The molecule has 1 aromatic rings. The van der Waals surface area contributed by atoms with Crippen molar-refractivity contribution in [3.63, 3.8) is 0 Å². The molecule has 2 rings (SSSR count). The van der Waals surface area contributed by atoms with E-state index in [1.807, 2.05) is 13.8 Å². The number of carboxylic acid groups (broad SMARTS) is 1. The van der Waals surface area contributed by atoms with E-state index in [1.54, 1.807) is 18.2 Å². The molecule has 8 heteroatoms. The first-order chi connectivity index (χ1) is 15.2. The predicted octanol–water partition coefficient (Wildman–Crippen LogP) is 4.53. The molecule has 2 amide bonds. The Morgan fingerprint density at radius 3 is 2.31 bits per heavy atom. The highest BCUT2D eigenvalue weighted by Crippen LogP contribution is 2.36. The van der Waals surface area contributed by atoms with E-state index in [0.717, 1.165) is 30.5 Å². The van der Waals surface area contributed by atoms with Crippen LogP contribution >= 0.6 is 0 Å². The summed E-state index contributed by atoms with van der Waals surface area (Å²) in [5, 5.41) is 8.99. The summed E-state index contributed by atoms with van der Waals surface area (Å²) in [7, 11) is 3.00. The largest absolute Gasteiger partial charge is 0.493 e. The van der Waals surface area contributed by atoms with Crippen LogP contribution in [0.3, 0.4) is 0 Å². The second-order valence-corrected chi connectivity index (χ2v) is 7.74. The van der Waals surface area contributed by atoms with Gasteiger partial charge in [0, 0.05) is 5.56 Å². The lowest BCUT2D eigenvalue weighted by molar-refractivity contribution is -0.148. The fraction of sp³-hybridized carbons (Fsp3) is 0.500. The molecular weight excluding hydrogens is 412 g/mol. The van der Waals surface area contributed by atoms with Crippen LogP contribution in [0.25, 0.3) is 5.70 Å². The zero-order valence-corrected chi connectivity index (χ0v) is 19.6. The first kappa shape index (κ1) is 26.9. The van der Waals surface area contributed by atoms with Gasteiger partial charge in [0.15, 0.2) is 11.5 Å². The van der Waals surface area contributed by atoms with Crippen LogP contribution in [-0.2, 0) is 14.4 Å². The van der Waals surface area contributed by atoms with E-state index < -0.39 is 23.2 Å². The molecule has 0 saturated heterocycles. The van der Waals surface area contributed by atoms with E-state index in [1.165, 1.54) is 33.5 Å². The molecule has 1 aliphatic rings.